The minimum atomic E-state index is -0.290. The van der Waals surface area contributed by atoms with Gasteiger partial charge in [0, 0.05) is 24.1 Å². The predicted molar refractivity (Wildman–Crippen MR) is 97.3 cm³/mol. The lowest BCUT2D eigenvalue weighted by Crippen LogP contribution is -2.30. The highest BCUT2D eigenvalue weighted by atomic mass is 16.5. The summed E-state index contributed by atoms with van der Waals surface area (Å²) in [6.45, 7) is 0.187. The van der Waals surface area contributed by atoms with Crippen LogP contribution in [0, 0.1) is 5.41 Å². The van der Waals surface area contributed by atoms with Gasteiger partial charge in [0.15, 0.2) is 0 Å². The first kappa shape index (κ1) is 17.1. The molecule has 0 radical (unpaired) electrons. The molecule has 0 amide bonds. The third-order valence-corrected chi connectivity index (χ3v) is 4.68. The lowest BCUT2D eigenvalue weighted by atomic mass is 9.84. The molecule has 2 aromatic carbocycles. The van der Waals surface area contributed by atoms with E-state index >= 15 is 0 Å². The molecular formula is C20H19N3O4. The van der Waals surface area contributed by atoms with Crippen LogP contribution in [0.2, 0.25) is 0 Å². The van der Waals surface area contributed by atoms with Gasteiger partial charge in [-0.3, -0.25) is 5.41 Å². The minimum Gasteiger partial charge on any atom is -0.508 e. The van der Waals surface area contributed by atoms with Crippen molar-refractivity contribution in [2.45, 2.75) is 12.5 Å². The Hall–Kier alpha value is -3.32. The molecule has 4 rings (SSSR count). The van der Waals surface area contributed by atoms with Gasteiger partial charge in [-0.25, -0.2) is 4.98 Å². The number of hydrogen-bond acceptors (Lipinski definition) is 6. The van der Waals surface area contributed by atoms with Gasteiger partial charge in [-0.15, -0.1) is 0 Å². The van der Waals surface area contributed by atoms with E-state index in [9.17, 15) is 10.2 Å². The van der Waals surface area contributed by atoms with Crippen LogP contribution < -0.4 is 15.0 Å². The Morgan fingerprint density at radius 1 is 1.22 bits per heavy atom. The van der Waals surface area contributed by atoms with E-state index < -0.39 is 0 Å². The van der Waals surface area contributed by atoms with Crippen LogP contribution in [-0.2, 0) is 6.54 Å². The highest BCUT2D eigenvalue weighted by Crippen LogP contribution is 2.46. The fourth-order valence-electron chi connectivity index (χ4n) is 3.38. The number of ether oxygens (including phenoxy) is 2. The monoisotopic (exact) mass is 365 g/mol. The lowest BCUT2D eigenvalue weighted by molar-refractivity contribution is 0.271. The number of phenolic OH excluding ortho intramolecular Hbond substituents is 1. The van der Waals surface area contributed by atoms with Crippen molar-refractivity contribution in [2.75, 3.05) is 13.7 Å². The van der Waals surface area contributed by atoms with Crippen molar-refractivity contribution in [1.29, 1.82) is 5.41 Å². The number of aromatic nitrogens is 2. The van der Waals surface area contributed by atoms with Gasteiger partial charge in [0.05, 0.1) is 19.3 Å². The van der Waals surface area contributed by atoms with Crippen molar-refractivity contribution in [3.8, 4) is 23.1 Å². The number of nitrogens with one attached hydrogen (secondary N) is 1. The summed E-state index contributed by atoms with van der Waals surface area (Å²) < 4.78 is 12.7. The van der Waals surface area contributed by atoms with E-state index in [0.717, 1.165) is 16.9 Å². The maximum absolute atomic E-state index is 9.84. The van der Waals surface area contributed by atoms with E-state index in [1.54, 1.807) is 29.9 Å². The molecule has 0 bridgehead atoms. The molecule has 0 unspecified atom stereocenters. The number of nitrogens with zero attached hydrogens (tertiary/aromatic N) is 2. The predicted octanol–water partition coefficient (Wildman–Crippen LogP) is 2.35. The molecule has 3 N–H and O–H groups in total. The molecule has 0 fully saturated rings. The van der Waals surface area contributed by atoms with Crippen LogP contribution in [-0.4, -0.2) is 33.5 Å². The summed E-state index contributed by atoms with van der Waals surface area (Å²) in [5.41, 5.74) is 2.63. The van der Waals surface area contributed by atoms with Gasteiger partial charge in [-0.05, 0) is 23.8 Å². The van der Waals surface area contributed by atoms with E-state index in [-0.39, 0.29) is 30.3 Å². The third kappa shape index (κ3) is 2.92. The number of benzene rings is 2. The zero-order valence-corrected chi connectivity index (χ0v) is 14.7. The number of aromatic hydroxyl groups is 1. The smallest absolute Gasteiger partial charge is 0.228 e. The standard InChI is InChI=1S/C20H19N3O4/c1-26-14-5-2-12(3-6-14)17-15-7-4-13(25)10-16(15)27-20-18(17)19(21)23(8-9-24)11-22-20/h2-7,10-11,17,21,24-25H,8-9H2,1H3/t17-/m1/s1. The Morgan fingerprint density at radius 2 is 2.00 bits per heavy atom. The van der Waals surface area contributed by atoms with Crippen LogP contribution in [0.1, 0.15) is 22.6 Å². The number of fused-ring (bicyclic) bond motifs is 2. The second-order valence-electron chi connectivity index (χ2n) is 6.26. The summed E-state index contributed by atoms with van der Waals surface area (Å²) in [5, 5.41) is 27.7. The fraction of sp³-hybridized carbons (Fsp3) is 0.200. The molecule has 1 aliphatic heterocycles. The summed E-state index contributed by atoms with van der Waals surface area (Å²) in [6.07, 6.45) is 1.48. The maximum atomic E-state index is 9.84. The van der Waals surface area contributed by atoms with Crippen molar-refractivity contribution in [3.63, 3.8) is 0 Å². The minimum absolute atomic E-state index is 0.0878. The quantitative estimate of drug-likeness (QED) is 0.515. The summed E-state index contributed by atoms with van der Waals surface area (Å²) in [5.74, 6) is 1.39. The van der Waals surface area contributed by atoms with Crippen molar-refractivity contribution < 1.29 is 19.7 Å². The zero-order valence-electron chi connectivity index (χ0n) is 14.7. The Kier molecular flexibility index (Phi) is 4.29. The Labute approximate surface area is 155 Å². The molecule has 0 saturated carbocycles. The van der Waals surface area contributed by atoms with Crippen LogP contribution in [0.4, 0.5) is 0 Å². The molecule has 0 spiro atoms. The van der Waals surface area contributed by atoms with Gasteiger partial charge in [0.25, 0.3) is 0 Å². The average molecular weight is 365 g/mol. The maximum Gasteiger partial charge on any atom is 0.228 e. The SMILES string of the molecule is COc1ccc([C@@H]2c3ccc(O)cc3Oc3ncn(CCO)c(=N)c32)cc1. The van der Waals surface area contributed by atoms with Gasteiger partial charge in [-0.1, -0.05) is 18.2 Å². The molecule has 7 nitrogen and oxygen atoms in total. The van der Waals surface area contributed by atoms with Crippen LogP contribution in [0.3, 0.4) is 0 Å². The summed E-state index contributed by atoms with van der Waals surface area (Å²) in [6, 6.07) is 12.6. The number of rotatable bonds is 4. The van der Waals surface area contributed by atoms with Crippen molar-refractivity contribution in [3.05, 3.63) is 71.0 Å². The lowest BCUT2D eigenvalue weighted by Gasteiger charge is -2.28. The number of methoxy groups -OCH3 is 1. The highest BCUT2D eigenvalue weighted by Gasteiger charge is 2.32. The fourth-order valence-corrected chi connectivity index (χ4v) is 3.38. The molecule has 1 aromatic heterocycles. The van der Waals surface area contributed by atoms with Crippen LogP contribution in [0.5, 0.6) is 23.1 Å². The Balaban J connectivity index is 1.95. The second kappa shape index (κ2) is 6.77. The van der Waals surface area contributed by atoms with E-state index in [2.05, 4.69) is 4.98 Å². The summed E-state index contributed by atoms with van der Waals surface area (Å²) in [7, 11) is 1.61. The number of aliphatic hydroxyl groups excluding tert-OH is 1. The van der Waals surface area contributed by atoms with E-state index in [4.69, 9.17) is 14.9 Å². The van der Waals surface area contributed by atoms with Crippen molar-refractivity contribution in [2.24, 2.45) is 0 Å². The van der Waals surface area contributed by atoms with E-state index in [1.165, 1.54) is 6.33 Å². The van der Waals surface area contributed by atoms with Gasteiger partial charge >= 0.3 is 0 Å². The molecular weight excluding hydrogens is 346 g/mol. The molecule has 0 saturated heterocycles. The average Bonchev–Trinajstić information content (AvgIpc) is 2.69. The molecule has 2 heterocycles. The molecule has 7 heteroatoms. The molecule has 3 aromatic rings. The number of aliphatic hydroxyl groups is 1. The second-order valence-corrected chi connectivity index (χ2v) is 6.26. The van der Waals surface area contributed by atoms with Crippen molar-refractivity contribution >= 4 is 0 Å². The normalized spacial score (nSPS) is 14.8. The Morgan fingerprint density at radius 3 is 2.70 bits per heavy atom. The number of phenols is 1. The van der Waals surface area contributed by atoms with E-state index in [0.29, 0.717) is 17.2 Å². The van der Waals surface area contributed by atoms with Gasteiger partial charge < -0.3 is 24.3 Å². The molecule has 138 valence electrons. The van der Waals surface area contributed by atoms with Gasteiger partial charge in [0.2, 0.25) is 5.88 Å². The largest absolute Gasteiger partial charge is 0.508 e. The van der Waals surface area contributed by atoms with Gasteiger partial charge in [-0.2, -0.15) is 0 Å². The third-order valence-electron chi connectivity index (χ3n) is 4.68. The van der Waals surface area contributed by atoms with E-state index in [1.807, 2.05) is 24.3 Å². The Bertz CT molecular complexity index is 1040. The number of hydrogen-bond donors (Lipinski definition) is 3. The van der Waals surface area contributed by atoms with Crippen molar-refractivity contribution in [1.82, 2.24) is 9.55 Å². The molecule has 1 atom stereocenters. The van der Waals surface area contributed by atoms with Crippen LogP contribution >= 0.6 is 0 Å². The van der Waals surface area contributed by atoms with Crippen LogP contribution in [0.15, 0.2) is 48.8 Å². The first-order chi connectivity index (χ1) is 13.1. The highest BCUT2D eigenvalue weighted by molar-refractivity contribution is 5.57. The molecule has 1 aliphatic rings. The first-order valence-electron chi connectivity index (χ1n) is 8.52. The first-order valence-corrected chi connectivity index (χ1v) is 8.52. The zero-order chi connectivity index (χ0) is 19.0. The molecule has 27 heavy (non-hydrogen) atoms. The topological polar surface area (TPSA) is 101 Å². The van der Waals surface area contributed by atoms with Crippen LogP contribution in [0.25, 0.3) is 0 Å². The molecule has 0 aliphatic carbocycles. The summed E-state index contributed by atoms with van der Waals surface area (Å²) in [4.78, 5) is 4.34. The summed E-state index contributed by atoms with van der Waals surface area (Å²) >= 11 is 0. The van der Waals surface area contributed by atoms with Gasteiger partial charge in [0.1, 0.15) is 29.1 Å².